The second-order valence-corrected chi connectivity index (χ2v) is 3.65. The highest BCUT2D eigenvalue weighted by Crippen LogP contribution is 2.33. The number of nitrogens with two attached hydrogens (primary N) is 1. The van der Waals surface area contributed by atoms with Crippen LogP contribution < -0.4 is 15.8 Å². The first kappa shape index (κ1) is 11.3. The van der Waals surface area contributed by atoms with Gasteiger partial charge in [0.2, 0.25) is 0 Å². The van der Waals surface area contributed by atoms with Gasteiger partial charge in [-0.05, 0) is 31.2 Å². The van der Waals surface area contributed by atoms with E-state index in [9.17, 15) is 0 Å². The van der Waals surface area contributed by atoms with Crippen LogP contribution in [0.15, 0.2) is 48.5 Å². The number of rotatable bonds is 4. The fraction of sp³-hybridized carbons (Fsp3) is 0.143. The van der Waals surface area contributed by atoms with Crippen molar-refractivity contribution in [3.05, 3.63) is 48.5 Å². The second kappa shape index (κ2) is 5.25. The van der Waals surface area contributed by atoms with E-state index < -0.39 is 0 Å². The molecule has 0 saturated carbocycles. The van der Waals surface area contributed by atoms with Gasteiger partial charge in [-0.3, -0.25) is 0 Å². The fourth-order valence-electron chi connectivity index (χ4n) is 1.64. The molecule has 0 aromatic heterocycles. The van der Waals surface area contributed by atoms with Crippen LogP contribution in [0, 0.1) is 0 Å². The van der Waals surface area contributed by atoms with E-state index >= 15 is 0 Å². The van der Waals surface area contributed by atoms with Gasteiger partial charge in [0.25, 0.3) is 0 Å². The van der Waals surface area contributed by atoms with E-state index in [1.165, 1.54) is 0 Å². The summed E-state index contributed by atoms with van der Waals surface area (Å²) >= 11 is 0. The molecule has 0 aliphatic carbocycles. The minimum absolute atomic E-state index is 0.595. The van der Waals surface area contributed by atoms with Crippen LogP contribution >= 0.6 is 0 Å². The predicted molar refractivity (Wildman–Crippen MR) is 71.7 cm³/mol. The Balaban J connectivity index is 2.29. The minimum Gasteiger partial charge on any atom is -0.490 e. The van der Waals surface area contributed by atoms with Crippen molar-refractivity contribution in [3.63, 3.8) is 0 Å². The average Bonchev–Trinajstić information content (AvgIpc) is 2.35. The van der Waals surface area contributed by atoms with E-state index in [1.54, 1.807) is 0 Å². The van der Waals surface area contributed by atoms with Crippen LogP contribution in [0.1, 0.15) is 6.92 Å². The first-order valence-corrected chi connectivity index (χ1v) is 5.64. The summed E-state index contributed by atoms with van der Waals surface area (Å²) in [7, 11) is 0. The standard InChI is InChI=1S/C14H16N2O/c1-2-17-14-12(15)9-6-10-13(14)16-11-7-4-3-5-8-11/h3-10,16H,2,15H2,1H3. The molecule has 0 unspecified atom stereocenters. The van der Waals surface area contributed by atoms with Gasteiger partial charge in [-0.15, -0.1) is 0 Å². The van der Waals surface area contributed by atoms with Crippen molar-refractivity contribution in [1.82, 2.24) is 0 Å². The lowest BCUT2D eigenvalue weighted by atomic mass is 10.2. The van der Waals surface area contributed by atoms with Gasteiger partial charge in [0.1, 0.15) is 0 Å². The smallest absolute Gasteiger partial charge is 0.165 e. The third-order valence-corrected chi connectivity index (χ3v) is 2.39. The third-order valence-electron chi connectivity index (χ3n) is 2.39. The van der Waals surface area contributed by atoms with Crippen LogP contribution in [-0.2, 0) is 0 Å². The molecule has 0 bridgehead atoms. The number of ether oxygens (including phenoxy) is 1. The molecule has 0 amide bonds. The molecule has 3 heteroatoms. The molecule has 0 saturated heterocycles. The monoisotopic (exact) mass is 228 g/mol. The average molecular weight is 228 g/mol. The van der Waals surface area contributed by atoms with Crippen molar-refractivity contribution in [3.8, 4) is 5.75 Å². The SMILES string of the molecule is CCOc1c(N)cccc1Nc1ccccc1. The third kappa shape index (κ3) is 2.69. The van der Waals surface area contributed by atoms with Gasteiger partial charge in [-0.1, -0.05) is 24.3 Å². The number of para-hydroxylation sites is 2. The zero-order valence-electron chi connectivity index (χ0n) is 9.81. The summed E-state index contributed by atoms with van der Waals surface area (Å²) in [4.78, 5) is 0. The molecule has 0 radical (unpaired) electrons. The quantitative estimate of drug-likeness (QED) is 0.788. The first-order valence-electron chi connectivity index (χ1n) is 5.64. The van der Waals surface area contributed by atoms with Crippen LogP contribution in [0.4, 0.5) is 17.1 Å². The molecule has 2 aromatic carbocycles. The Morgan fingerprint density at radius 2 is 1.82 bits per heavy atom. The zero-order chi connectivity index (χ0) is 12.1. The molecule has 2 rings (SSSR count). The minimum atomic E-state index is 0.595. The molecule has 3 nitrogen and oxygen atoms in total. The molecular weight excluding hydrogens is 212 g/mol. The van der Waals surface area contributed by atoms with Crippen LogP contribution in [-0.4, -0.2) is 6.61 Å². The summed E-state index contributed by atoms with van der Waals surface area (Å²) < 4.78 is 5.55. The van der Waals surface area contributed by atoms with Gasteiger partial charge in [-0.25, -0.2) is 0 Å². The van der Waals surface area contributed by atoms with Crippen LogP contribution in [0.3, 0.4) is 0 Å². The molecule has 3 N–H and O–H groups in total. The maximum atomic E-state index is 5.90. The molecule has 0 fully saturated rings. The molecular formula is C14H16N2O. The number of benzene rings is 2. The number of nitrogens with one attached hydrogen (secondary N) is 1. The van der Waals surface area contributed by atoms with Crippen molar-refractivity contribution in [1.29, 1.82) is 0 Å². The number of hydrogen-bond donors (Lipinski definition) is 2. The molecule has 0 heterocycles. The lowest BCUT2D eigenvalue weighted by molar-refractivity contribution is 0.344. The van der Waals surface area contributed by atoms with Gasteiger partial charge in [0.15, 0.2) is 5.75 Å². The summed E-state index contributed by atoms with van der Waals surface area (Å²) in [5, 5.41) is 3.29. The molecule has 17 heavy (non-hydrogen) atoms. The second-order valence-electron chi connectivity index (χ2n) is 3.65. The van der Waals surface area contributed by atoms with Crippen molar-refractivity contribution in [2.75, 3.05) is 17.7 Å². The van der Waals surface area contributed by atoms with Gasteiger partial charge >= 0.3 is 0 Å². The van der Waals surface area contributed by atoms with E-state index in [0.29, 0.717) is 18.0 Å². The largest absolute Gasteiger partial charge is 0.490 e. The summed E-state index contributed by atoms with van der Waals surface area (Å²) in [5.74, 6) is 0.707. The van der Waals surface area contributed by atoms with Gasteiger partial charge in [0, 0.05) is 5.69 Å². The number of hydrogen-bond acceptors (Lipinski definition) is 3. The van der Waals surface area contributed by atoms with E-state index in [2.05, 4.69) is 5.32 Å². The lowest BCUT2D eigenvalue weighted by Crippen LogP contribution is -2.01. The molecule has 0 aliphatic heterocycles. The Morgan fingerprint density at radius 3 is 2.53 bits per heavy atom. The Kier molecular flexibility index (Phi) is 3.50. The normalized spacial score (nSPS) is 9.94. The first-order chi connectivity index (χ1) is 8.31. The lowest BCUT2D eigenvalue weighted by Gasteiger charge is -2.14. The molecule has 0 atom stereocenters. The van der Waals surface area contributed by atoms with Gasteiger partial charge in [-0.2, -0.15) is 0 Å². The Labute approximate surface area is 101 Å². The molecule has 2 aromatic rings. The number of nitrogen functional groups attached to an aromatic ring is 1. The predicted octanol–water partition coefficient (Wildman–Crippen LogP) is 3.41. The van der Waals surface area contributed by atoms with E-state index in [4.69, 9.17) is 10.5 Å². The molecule has 88 valence electrons. The van der Waals surface area contributed by atoms with Crippen molar-refractivity contribution in [2.24, 2.45) is 0 Å². The zero-order valence-corrected chi connectivity index (χ0v) is 9.81. The maximum absolute atomic E-state index is 5.90. The van der Waals surface area contributed by atoms with Crippen molar-refractivity contribution < 1.29 is 4.74 Å². The van der Waals surface area contributed by atoms with Crippen LogP contribution in [0.2, 0.25) is 0 Å². The topological polar surface area (TPSA) is 47.3 Å². The van der Waals surface area contributed by atoms with Crippen molar-refractivity contribution >= 4 is 17.1 Å². The maximum Gasteiger partial charge on any atom is 0.165 e. The molecule has 0 spiro atoms. The Morgan fingerprint density at radius 1 is 1.06 bits per heavy atom. The Hall–Kier alpha value is -2.16. The molecule has 0 aliphatic rings. The highest BCUT2D eigenvalue weighted by molar-refractivity contribution is 5.73. The summed E-state index contributed by atoms with van der Waals surface area (Å²) in [6.45, 7) is 2.54. The summed E-state index contributed by atoms with van der Waals surface area (Å²) in [6, 6.07) is 15.6. The van der Waals surface area contributed by atoms with E-state index in [-0.39, 0.29) is 0 Å². The highest BCUT2D eigenvalue weighted by atomic mass is 16.5. The van der Waals surface area contributed by atoms with Crippen molar-refractivity contribution in [2.45, 2.75) is 6.92 Å². The van der Waals surface area contributed by atoms with Gasteiger partial charge < -0.3 is 15.8 Å². The summed E-state index contributed by atoms with van der Waals surface area (Å²) in [6.07, 6.45) is 0. The summed E-state index contributed by atoms with van der Waals surface area (Å²) in [5.41, 5.74) is 8.44. The van der Waals surface area contributed by atoms with Crippen LogP contribution in [0.5, 0.6) is 5.75 Å². The van der Waals surface area contributed by atoms with E-state index in [1.807, 2.05) is 55.5 Å². The fourth-order valence-corrected chi connectivity index (χ4v) is 1.64. The van der Waals surface area contributed by atoms with Gasteiger partial charge in [0.05, 0.1) is 18.0 Å². The number of anilines is 3. The van der Waals surface area contributed by atoms with Crippen LogP contribution in [0.25, 0.3) is 0 Å². The Bertz CT molecular complexity index is 483. The highest BCUT2D eigenvalue weighted by Gasteiger charge is 2.06. The van der Waals surface area contributed by atoms with E-state index in [0.717, 1.165) is 11.4 Å².